The molecule has 68 valence electrons. The molecule has 2 aliphatic rings. The Balaban J connectivity index is 2.45. The van der Waals surface area contributed by atoms with Crippen molar-refractivity contribution in [3.8, 4) is 0 Å². The summed E-state index contributed by atoms with van der Waals surface area (Å²) in [7, 11) is -1.12. The lowest BCUT2D eigenvalue weighted by Gasteiger charge is -2.20. The fraction of sp³-hybridized carbons (Fsp3) is 0.333. The van der Waals surface area contributed by atoms with Gasteiger partial charge in [-0.05, 0) is 5.57 Å². The summed E-state index contributed by atoms with van der Waals surface area (Å²) in [5.74, 6) is 0.576. The van der Waals surface area contributed by atoms with Gasteiger partial charge in [0.1, 0.15) is 0 Å². The molecule has 0 saturated carbocycles. The number of hydrogen-bond acceptors (Lipinski definition) is 0. The van der Waals surface area contributed by atoms with Crippen LogP contribution in [0, 0.1) is 5.92 Å². The van der Waals surface area contributed by atoms with Crippen LogP contribution >= 0.6 is 0 Å². The van der Waals surface area contributed by atoms with Crippen LogP contribution < -0.4 is 0 Å². The third kappa shape index (κ3) is 1.48. The lowest BCUT2D eigenvalue weighted by molar-refractivity contribution is 1.02. The van der Waals surface area contributed by atoms with E-state index in [2.05, 4.69) is 56.1 Å². The van der Waals surface area contributed by atoms with Crippen LogP contribution in [-0.4, -0.2) is 8.07 Å². The smallest absolute Gasteiger partial charge is 0.0733 e. The molecule has 0 aromatic carbocycles. The zero-order valence-electron chi connectivity index (χ0n) is 8.54. The summed E-state index contributed by atoms with van der Waals surface area (Å²) in [6.07, 6.45) is 13.5. The van der Waals surface area contributed by atoms with E-state index in [9.17, 15) is 0 Å². The molecule has 0 N–H and O–H groups in total. The van der Waals surface area contributed by atoms with Gasteiger partial charge in [0.15, 0.2) is 0 Å². The molecular weight excluding hydrogens is 172 g/mol. The molecule has 0 spiro atoms. The molecule has 13 heavy (non-hydrogen) atoms. The van der Waals surface area contributed by atoms with Crippen LogP contribution in [0.2, 0.25) is 19.6 Å². The number of fused-ring (bicyclic) bond motifs is 1. The Labute approximate surface area is 81.4 Å². The average Bonchev–Trinajstić information content (AvgIpc) is 2.45. The van der Waals surface area contributed by atoms with Crippen molar-refractivity contribution in [2.24, 2.45) is 5.92 Å². The van der Waals surface area contributed by atoms with Gasteiger partial charge in [-0.1, -0.05) is 61.3 Å². The molecule has 0 aromatic rings. The van der Waals surface area contributed by atoms with Gasteiger partial charge in [-0.2, -0.15) is 0 Å². The molecule has 0 saturated heterocycles. The Hall–Kier alpha value is -0.823. The van der Waals surface area contributed by atoms with Gasteiger partial charge in [-0.3, -0.25) is 0 Å². The van der Waals surface area contributed by atoms with Gasteiger partial charge in [0, 0.05) is 5.92 Å². The van der Waals surface area contributed by atoms with Gasteiger partial charge in [0.2, 0.25) is 0 Å². The van der Waals surface area contributed by atoms with E-state index in [0.29, 0.717) is 5.92 Å². The highest BCUT2D eigenvalue weighted by atomic mass is 28.3. The lowest BCUT2D eigenvalue weighted by atomic mass is 9.98. The molecule has 0 nitrogen and oxygen atoms in total. The average molecular weight is 188 g/mol. The summed E-state index contributed by atoms with van der Waals surface area (Å²) in [6, 6.07) is 0. The standard InChI is InChI=1S/C12H16Si/c1-13(2,3)12-9-8-10-6-4-5-7-11(10)12/h4-10H,1-3H3. The van der Waals surface area contributed by atoms with Crippen molar-refractivity contribution >= 4 is 8.07 Å². The molecule has 1 heteroatoms. The Morgan fingerprint density at radius 3 is 2.46 bits per heavy atom. The maximum Gasteiger partial charge on any atom is 0.0779 e. The minimum atomic E-state index is -1.12. The van der Waals surface area contributed by atoms with Gasteiger partial charge in [0.05, 0.1) is 8.07 Å². The number of rotatable bonds is 1. The zero-order chi connectivity index (χ0) is 9.47. The summed E-state index contributed by atoms with van der Waals surface area (Å²) in [5, 5.41) is 1.62. The van der Waals surface area contributed by atoms with Gasteiger partial charge in [-0.25, -0.2) is 0 Å². The predicted molar refractivity (Wildman–Crippen MR) is 61.3 cm³/mol. The number of allylic oxidation sites excluding steroid dienone is 8. The highest BCUT2D eigenvalue weighted by Crippen LogP contribution is 2.34. The quantitative estimate of drug-likeness (QED) is 0.553. The second kappa shape index (κ2) is 2.84. The maximum absolute atomic E-state index is 2.41. The first-order valence-corrected chi connectivity index (χ1v) is 8.37. The Kier molecular flexibility index (Phi) is 1.92. The normalized spacial score (nSPS) is 25.6. The van der Waals surface area contributed by atoms with Crippen LogP contribution in [0.25, 0.3) is 0 Å². The van der Waals surface area contributed by atoms with E-state index in [-0.39, 0.29) is 0 Å². The third-order valence-corrected chi connectivity index (χ3v) is 4.73. The van der Waals surface area contributed by atoms with Crippen molar-refractivity contribution in [3.63, 3.8) is 0 Å². The van der Waals surface area contributed by atoms with Crippen LogP contribution in [0.4, 0.5) is 0 Å². The van der Waals surface area contributed by atoms with Crippen LogP contribution in [0.15, 0.2) is 47.2 Å². The van der Waals surface area contributed by atoms with Gasteiger partial charge >= 0.3 is 0 Å². The van der Waals surface area contributed by atoms with E-state index in [1.165, 1.54) is 0 Å². The van der Waals surface area contributed by atoms with E-state index < -0.39 is 8.07 Å². The molecule has 1 unspecified atom stereocenters. The Bertz CT molecular complexity index is 335. The second-order valence-electron chi connectivity index (χ2n) is 4.75. The van der Waals surface area contributed by atoms with Crippen LogP contribution in [0.3, 0.4) is 0 Å². The topological polar surface area (TPSA) is 0 Å². The molecule has 2 aliphatic carbocycles. The van der Waals surface area contributed by atoms with E-state index in [1.807, 2.05) is 0 Å². The summed E-state index contributed by atoms with van der Waals surface area (Å²) in [5.41, 5.74) is 1.54. The summed E-state index contributed by atoms with van der Waals surface area (Å²) < 4.78 is 0. The monoisotopic (exact) mass is 188 g/mol. The lowest BCUT2D eigenvalue weighted by Crippen LogP contribution is -2.23. The Morgan fingerprint density at radius 2 is 1.77 bits per heavy atom. The fourth-order valence-corrected chi connectivity index (χ4v) is 3.69. The molecule has 2 rings (SSSR count). The third-order valence-electron chi connectivity index (χ3n) is 2.65. The van der Waals surface area contributed by atoms with Crippen molar-refractivity contribution in [2.75, 3.05) is 0 Å². The van der Waals surface area contributed by atoms with E-state index in [1.54, 1.807) is 10.8 Å². The van der Waals surface area contributed by atoms with Crippen molar-refractivity contribution in [3.05, 3.63) is 47.2 Å². The first-order chi connectivity index (χ1) is 6.09. The van der Waals surface area contributed by atoms with Crippen LogP contribution in [0.1, 0.15) is 0 Å². The molecule has 0 fully saturated rings. The summed E-state index contributed by atoms with van der Waals surface area (Å²) in [4.78, 5) is 0. The highest BCUT2D eigenvalue weighted by Gasteiger charge is 2.26. The maximum atomic E-state index is 2.41. The summed E-state index contributed by atoms with van der Waals surface area (Å²) in [6.45, 7) is 7.23. The van der Waals surface area contributed by atoms with Gasteiger partial charge in [-0.15, -0.1) is 0 Å². The first-order valence-electron chi connectivity index (χ1n) is 4.87. The van der Waals surface area contributed by atoms with Gasteiger partial charge < -0.3 is 0 Å². The van der Waals surface area contributed by atoms with E-state index in [0.717, 1.165) is 0 Å². The first kappa shape index (κ1) is 8.76. The molecule has 0 amide bonds. The number of hydrogen-bond donors (Lipinski definition) is 0. The molecule has 0 heterocycles. The largest absolute Gasteiger partial charge is 0.0779 e. The predicted octanol–water partition coefficient (Wildman–Crippen LogP) is 3.47. The molecule has 0 bridgehead atoms. The zero-order valence-corrected chi connectivity index (χ0v) is 9.54. The Morgan fingerprint density at radius 1 is 1.00 bits per heavy atom. The van der Waals surface area contributed by atoms with Crippen molar-refractivity contribution in [1.29, 1.82) is 0 Å². The molecule has 1 atom stereocenters. The second-order valence-corrected chi connectivity index (χ2v) is 9.79. The van der Waals surface area contributed by atoms with Crippen molar-refractivity contribution < 1.29 is 0 Å². The molecule has 0 aromatic heterocycles. The van der Waals surface area contributed by atoms with Crippen molar-refractivity contribution in [2.45, 2.75) is 19.6 Å². The molecular formula is C12H16Si. The molecule has 0 aliphatic heterocycles. The van der Waals surface area contributed by atoms with Crippen LogP contribution in [0.5, 0.6) is 0 Å². The minimum absolute atomic E-state index is 0.576. The SMILES string of the molecule is C[Si](C)(C)C1=C2C=CC=CC2C=C1. The minimum Gasteiger partial charge on any atom is -0.0733 e. The van der Waals surface area contributed by atoms with Crippen LogP contribution in [-0.2, 0) is 0 Å². The van der Waals surface area contributed by atoms with E-state index >= 15 is 0 Å². The van der Waals surface area contributed by atoms with Crippen molar-refractivity contribution in [1.82, 2.24) is 0 Å². The highest BCUT2D eigenvalue weighted by molar-refractivity contribution is 6.84. The fourth-order valence-electron chi connectivity index (χ4n) is 1.97. The van der Waals surface area contributed by atoms with E-state index in [4.69, 9.17) is 0 Å². The summed E-state index contributed by atoms with van der Waals surface area (Å²) >= 11 is 0. The molecule has 0 radical (unpaired) electrons. The van der Waals surface area contributed by atoms with Gasteiger partial charge in [0.25, 0.3) is 0 Å².